The highest BCUT2D eigenvalue weighted by Crippen LogP contribution is 2.28. The van der Waals surface area contributed by atoms with Crippen LogP contribution >= 0.6 is 11.6 Å². The molecule has 0 fully saturated rings. The van der Waals surface area contributed by atoms with E-state index in [1.54, 1.807) is 48.5 Å². The van der Waals surface area contributed by atoms with E-state index < -0.39 is 9.84 Å². The van der Waals surface area contributed by atoms with E-state index in [4.69, 9.17) is 16.3 Å². The van der Waals surface area contributed by atoms with Crippen molar-refractivity contribution in [2.24, 2.45) is 0 Å². The van der Waals surface area contributed by atoms with Crippen molar-refractivity contribution in [3.8, 4) is 5.75 Å². The third kappa shape index (κ3) is 7.62. The number of hydrogen-bond donors (Lipinski definition) is 3. The number of halogens is 1. The lowest BCUT2D eigenvalue weighted by Gasteiger charge is -2.13. The van der Waals surface area contributed by atoms with Gasteiger partial charge in [-0.25, -0.2) is 13.4 Å². The summed E-state index contributed by atoms with van der Waals surface area (Å²) < 4.78 is 29.0. The number of nitrogens with one attached hydrogen (secondary N) is 3. The van der Waals surface area contributed by atoms with Gasteiger partial charge in [-0.15, -0.1) is 0 Å². The molecule has 0 aliphatic heterocycles. The molecule has 3 aromatic rings. The molecule has 0 saturated carbocycles. The van der Waals surface area contributed by atoms with E-state index in [1.165, 1.54) is 12.5 Å². The minimum absolute atomic E-state index is 0.0876. The Balaban J connectivity index is 1.75. The van der Waals surface area contributed by atoms with Crippen molar-refractivity contribution in [2.45, 2.75) is 12.7 Å². The molecule has 9 nitrogen and oxygen atoms in total. The molecule has 0 atom stereocenters. The third-order valence-electron chi connectivity index (χ3n) is 4.27. The molecule has 0 saturated heterocycles. The molecule has 0 spiro atoms. The Morgan fingerprint density at radius 2 is 1.91 bits per heavy atom. The standard InChI is InChI=1S/C22H24ClN5O4S/c1-3-24-20(29)13-32-17-9-6-8-16(11-17)26-22-25-12-18(23)21(28-22)27-19-10-5-4-7-15(19)14-33(2,30)31/h4-12H,3,13-14H2,1-2H3,(H,24,29)(H2,25,26,27,28). The maximum absolute atomic E-state index is 11.8. The summed E-state index contributed by atoms with van der Waals surface area (Å²) in [6.07, 6.45) is 2.62. The van der Waals surface area contributed by atoms with Crippen LogP contribution in [0.4, 0.5) is 23.1 Å². The molecule has 0 unspecified atom stereocenters. The maximum Gasteiger partial charge on any atom is 0.257 e. The van der Waals surface area contributed by atoms with Crippen molar-refractivity contribution in [3.05, 3.63) is 65.3 Å². The van der Waals surface area contributed by atoms with E-state index in [0.29, 0.717) is 35.1 Å². The van der Waals surface area contributed by atoms with Crippen molar-refractivity contribution in [1.29, 1.82) is 0 Å². The molecule has 174 valence electrons. The monoisotopic (exact) mass is 489 g/mol. The Morgan fingerprint density at radius 3 is 2.67 bits per heavy atom. The first-order valence-electron chi connectivity index (χ1n) is 10.1. The van der Waals surface area contributed by atoms with Gasteiger partial charge in [0.05, 0.1) is 11.9 Å². The van der Waals surface area contributed by atoms with Gasteiger partial charge in [0, 0.05) is 30.2 Å². The highest BCUT2D eigenvalue weighted by molar-refractivity contribution is 7.89. The molecule has 0 bridgehead atoms. The molecule has 1 amide bonds. The fraction of sp³-hybridized carbons (Fsp3) is 0.227. The SMILES string of the molecule is CCNC(=O)COc1cccc(Nc2ncc(Cl)c(Nc3ccccc3CS(C)(=O)=O)n2)c1. The molecule has 1 aromatic heterocycles. The average Bonchev–Trinajstić information content (AvgIpc) is 2.75. The van der Waals surface area contributed by atoms with Crippen LogP contribution in [0.25, 0.3) is 0 Å². The number of para-hydroxylation sites is 1. The first-order valence-corrected chi connectivity index (χ1v) is 12.5. The highest BCUT2D eigenvalue weighted by Gasteiger charge is 2.12. The maximum atomic E-state index is 11.8. The van der Waals surface area contributed by atoms with Crippen molar-refractivity contribution >= 4 is 50.5 Å². The summed E-state index contributed by atoms with van der Waals surface area (Å²) in [4.78, 5) is 20.2. The van der Waals surface area contributed by atoms with Crippen LogP contribution in [0.1, 0.15) is 12.5 Å². The fourth-order valence-corrected chi connectivity index (χ4v) is 3.84. The Bertz CT molecular complexity index is 1240. The van der Waals surface area contributed by atoms with Crippen LogP contribution < -0.4 is 20.7 Å². The highest BCUT2D eigenvalue weighted by atomic mass is 35.5. The molecular formula is C22H24ClN5O4S. The Morgan fingerprint density at radius 1 is 1.12 bits per heavy atom. The first-order chi connectivity index (χ1) is 15.7. The van der Waals surface area contributed by atoms with Crippen LogP contribution in [0.2, 0.25) is 5.02 Å². The lowest BCUT2D eigenvalue weighted by Crippen LogP contribution is -2.28. The molecule has 11 heteroatoms. The number of sulfone groups is 1. The minimum Gasteiger partial charge on any atom is -0.484 e. The number of hydrogen-bond acceptors (Lipinski definition) is 8. The zero-order valence-electron chi connectivity index (χ0n) is 18.1. The van der Waals surface area contributed by atoms with Gasteiger partial charge in [-0.1, -0.05) is 35.9 Å². The van der Waals surface area contributed by atoms with Gasteiger partial charge in [0.2, 0.25) is 5.95 Å². The van der Waals surface area contributed by atoms with E-state index in [2.05, 4.69) is 25.9 Å². The topological polar surface area (TPSA) is 122 Å². The Kier molecular flexibility index (Phi) is 8.07. The summed E-state index contributed by atoms with van der Waals surface area (Å²) >= 11 is 6.26. The van der Waals surface area contributed by atoms with Crippen LogP contribution in [0.3, 0.4) is 0 Å². The number of amides is 1. The van der Waals surface area contributed by atoms with Crippen LogP contribution in [0.15, 0.2) is 54.7 Å². The Hall–Kier alpha value is -3.37. The smallest absolute Gasteiger partial charge is 0.257 e. The molecule has 1 heterocycles. The summed E-state index contributed by atoms with van der Waals surface area (Å²) in [5.74, 6) is 0.770. The number of nitrogens with zero attached hydrogens (tertiary/aromatic N) is 2. The lowest BCUT2D eigenvalue weighted by molar-refractivity contribution is -0.122. The van der Waals surface area contributed by atoms with Gasteiger partial charge in [0.1, 0.15) is 10.8 Å². The molecule has 0 aliphatic carbocycles. The van der Waals surface area contributed by atoms with Crippen molar-refractivity contribution in [2.75, 3.05) is 30.0 Å². The summed E-state index contributed by atoms with van der Waals surface area (Å²) in [5.41, 5.74) is 1.82. The largest absolute Gasteiger partial charge is 0.484 e. The number of carbonyl (C=O) groups excluding carboxylic acids is 1. The zero-order valence-corrected chi connectivity index (χ0v) is 19.7. The summed E-state index contributed by atoms with van der Waals surface area (Å²) in [7, 11) is -3.22. The van der Waals surface area contributed by atoms with Gasteiger partial charge in [-0.3, -0.25) is 4.79 Å². The number of carbonyl (C=O) groups is 1. The number of rotatable bonds is 10. The summed E-state index contributed by atoms with van der Waals surface area (Å²) in [6.45, 7) is 2.28. The lowest BCUT2D eigenvalue weighted by atomic mass is 10.2. The van der Waals surface area contributed by atoms with E-state index in [-0.39, 0.29) is 29.2 Å². The number of benzene rings is 2. The molecule has 0 aliphatic rings. The van der Waals surface area contributed by atoms with Gasteiger partial charge in [0.15, 0.2) is 22.3 Å². The van der Waals surface area contributed by atoms with Crippen LogP contribution in [0.5, 0.6) is 5.75 Å². The van der Waals surface area contributed by atoms with Crippen molar-refractivity contribution in [1.82, 2.24) is 15.3 Å². The molecule has 2 aromatic carbocycles. The molecule has 3 N–H and O–H groups in total. The quantitative estimate of drug-likeness (QED) is 0.394. The first kappa shape index (κ1) is 24.3. The number of aromatic nitrogens is 2. The second kappa shape index (κ2) is 11.0. The van der Waals surface area contributed by atoms with Crippen LogP contribution in [-0.4, -0.2) is 43.7 Å². The molecule has 3 rings (SSSR count). The summed E-state index contributed by atoms with van der Waals surface area (Å²) in [5, 5.41) is 9.09. The summed E-state index contributed by atoms with van der Waals surface area (Å²) in [6, 6.07) is 14.0. The van der Waals surface area contributed by atoms with E-state index >= 15 is 0 Å². The number of ether oxygens (including phenoxy) is 1. The number of anilines is 4. The van der Waals surface area contributed by atoms with Crippen molar-refractivity contribution in [3.63, 3.8) is 0 Å². The molecular weight excluding hydrogens is 466 g/mol. The van der Waals surface area contributed by atoms with Gasteiger partial charge in [-0.05, 0) is 30.7 Å². The predicted molar refractivity (Wildman–Crippen MR) is 129 cm³/mol. The zero-order chi connectivity index (χ0) is 23.8. The van der Waals surface area contributed by atoms with E-state index in [1.807, 2.05) is 6.92 Å². The Labute approximate surface area is 197 Å². The number of likely N-dealkylation sites (N-methyl/N-ethyl adjacent to an activating group) is 1. The molecule has 0 radical (unpaired) electrons. The average molecular weight is 490 g/mol. The molecule has 33 heavy (non-hydrogen) atoms. The fourth-order valence-electron chi connectivity index (χ4n) is 2.88. The van der Waals surface area contributed by atoms with Gasteiger partial charge >= 0.3 is 0 Å². The van der Waals surface area contributed by atoms with Crippen LogP contribution in [0, 0.1) is 0 Å². The second-order valence-corrected chi connectivity index (χ2v) is 9.68. The minimum atomic E-state index is -3.22. The third-order valence-corrected chi connectivity index (χ3v) is 5.38. The predicted octanol–water partition coefficient (Wildman–Crippen LogP) is 3.68. The van der Waals surface area contributed by atoms with E-state index in [0.717, 1.165) is 0 Å². The van der Waals surface area contributed by atoms with Gasteiger partial charge in [-0.2, -0.15) is 4.98 Å². The van der Waals surface area contributed by atoms with Crippen molar-refractivity contribution < 1.29 is 17.9 Å². The van der Waals surface area contributed by atoms with Gasteiger partial charge in [0.25, 0.3) is 5.91 Å². The van der Waals surface area contributed by atoms with Gasteiger partial charge < -0.3 is 20.7 Å². The van der Waals surface area contributed by atoms with E-state index in [9.17, 15) is 13.2 Å². The van der Waals surface area contributed by atoms with Crippen LogP contribution in [-0.2, 0) is 20.4 Å². The normalized spacial score (nSPS) is 11.0. The second-order valence-electron chi connectivity index (χ2n) is 7.14.